The second-order valence-electron chi connectivity index (χ2n) is 4.99. The molecule has 0 radical (unpaired) electrons. The molecule has 2 N–H and O–H groups in total. The zero-order valence-electron chi connectivity index (χ0n) is 11.1. The molecule has 1 fully saturated rings. The molecule has 0 amide bonds. The molecule has 0 spiro atoms. The van der Waals surface area contributed by atoms with Crippen LogP contribution < -0.4 is 5.73 Å². The number of hydrogen-bond acceptors (Lipinski definition) is 4. The summed E-state index contributed by atoms with van der Waals surface area (Å²) >= 11 is 6.10. The van der Waals surface area contributed by atoms with Gasteiger partial charge in [-0.25, -0.2) is 0 Å². The Morgan fingerprint density at radius 1 is 1.40 bits per heavy atom. The molecule has 0 atom stereocenters. The van der Waals surface area contributed by atoms with Crippen molar-refractivity contribution in [3.8, 4) is 0 Å². The summed E-state index contributed by atoms with van der Waals surface area (Å²) in [6.45, 7) is 3.52. The minimum Gasteiger partial charge on any atom is -0.330 e. The largest absolute Gasteiger partial charge is 0.330 e. The Morgan fingerprint density at radius 2 is 2.05 bits per heavy atom. The van der Waals surface area contributed by atoms with Crippen molar-refractivity contribution in [1.29, 1.82) is 0 Å². The Hall–Kier alpha value is -0.880. The standard InChI is InChI=1S/C13H18ClN3O2.ClH/c14-13-7-12(17(18)19)2-1-11(13)9-16-5-3-10(8-15)4-6-16;/h1-2,7,10H,3-6,8-9,15H2;1H. The number of nitro benzene ring substituents is 1. The monoisotopic (exact) mass is 319 g/mol. The second kappa shape index (κ2) is 7.78. The average molecular weight is 320 g/mol. The van der Waals surface area contributed by atoms with Gasteiger partial charge in [0.1, 0.15) is 0 Å². The maximum atomic E-state index is 10.6. The summed E-state index contributed by atoms with van der Waals surface area (Å²) in [4.78, 5) is 12.5. The number of nitrogens with two attached hydrogens (primary N) is 1. The first-order chi connectivity index (χ1) is 9.10. The number of piperidine rings is 1. The molecule has 0 aliphatic carbocycles. The molecular weight excluding hydrogens is 301 g/mol. The van der Waals surface area contributed by atoms with E-state index in [0.29, 0.717) is 10.9 Å². The molecule has 0 bridgehead atoms. The SMILES string of the molecule is Cl.NCC1CCN(Cc2ccc([N+](=O)[O-])cc2Cl)CC1. The van der Waals surface area contributed by atoms with Crippen molar-refractivity contribution in [2.75, 3.05) is 19.6 Å². The summed E-state index contributed by atoms with van der Waals surface area (Å²) in [6.07, 6.45) is 2.22. The quantitative estimate of drug-likeness (QED) is 0.684. The van der Waals surface area contributed by atoms with E-state index in [0.717, 1.165) is 44.6 Å². The molecule has 1 aromatic carbocycles. The Morgan fingerprint density at radius 3 is 2.55 bits per heavy atom. The number of rotatable bonds is 4. The number of nitrogens with zero attached hydrogens (tertiary/aromatic N) is 2. The van der Waals surface area contributed by atoms with Crippen LogP contribution in [0.15, 0.2) is 18.2 Å². The Bertz CT molecular complexity index is 463. The maximum Gasteiger partial charge on any atom is 0.270 e. The lowest BCUT2D eigenvalue weighted by molar-refractivity contribution is -0.384. The number of non-ortho nitro benzene ring substituents is 1. The highest BCUT2D eigenvalue weighted by Gasteiger charge is 2.19. The Kier molecular flexibility index (Phi) is 6.68. The molecule has 1 aliphatic rings. The van der Waals surface area contributed by atoms with Gasteiger partial charge in [0.05, 0.1) is 9.95 Å². The smallest absolute Gasteiger partial charge is 0.270 e. The summed E-state index contributed by atoms with van der Waals surface area (Å²) in [5.41, 5.74) is 6.65. The minimum atomic E-state index is -0.428. The third kappa shape index (κ3) is 4.31. The fourth-order valence-electron chi connectivity index (χ4n) is 2.40. The fourth-order valence-corrected chi connectivity index (χ4v) is 2.63. The van der Waals surface area contributed by atoms with Crippen LogP contribution in [0, 0.1) is 16.0 Å². The third-order valence-electron chi connectivity index (χ3n) is 3.68. The van der Waals surface area contributed by atoms with Gasteiger partial charge in [0.25, 0.3) is 5.69 Å². The first-order valence-electron chi connectivity index (χ1n) is 6.45. The van der Waals surface area contributed by atoms with Gasteiger partial charge >= 0.3 is 0 Å². The topological polar surface area (TPSA) is 72.4 Å². The predicted molar refractivity (Wildman–Crippen MR) is 82.4 cm³/mol. The van der Waals surface area contributed by atoms with E-state index in [2.05, 4.69) is 4.90 Å². The van der Waals surface area contributed by atoms with Gasteiger partial charge in [0.2, 0.25) is 0 Å². The molecule has 1 heterocycles. The van der Waals surface area contributed by atoms with Crippen LogP contribution in [0.3, 0.4) is 0 Å². The van der Waals surface area contributed by atoms with Gasteiger partial charge < -0.3 is 5.73 Å². The van der Waals surface area contributed by atoms with Crippen molar-refractivity contribution in [2.45, 2.75) is 19.4 Å². The summed E-state index contributed by atoms with van der Waals surface area (Å²) in [7, 11) is 0. The van der Waals surface area contributed by atoms with Gasteiger partial charge in [-0.2, -0.15) is 0 Å². The predicted octanol–water partition coefficient (Wildman–Crippen LogP) is 2.84. The molecule has 0 aromatic heterocycles. The van der Waals surface area contributed by atoms with Crippen molar-refractivity contribution in [1.82, 2.24) is 4.90 Å². The van der Waals surface area contributed by atoms with E-state index in [1.807, 2.05) is 0 Å². The van der Waals surface area contributed by atoms with E-state index in [9.17, 15) is 10.1 Å². The summed E-state index contributed by atoms with van der Waals surface area (Å²) in [5, 5.41) is 11.1. The zero-order valence-corrected chi connectivity index (χ0v) is 12.7. The molecule has 2 rings (SSSR count). The fraction of sp³-hybridized carbons (Fsp3) is 0.538. The van der Waals surface area contributed by atoms with E-state index in [4.69, 9.17) is 17.3 Å². The molecule has 5 nitrogen and oxygen atoms in total. The van der Waals surface area contributed by atoms with Crippen LogP contribution in [0.1, 0.15) is 18.4 Å². The van der Waals surface area contributed by atoms with E-state index in [1.165, 1.54) is 12.1 Å². The van der Waals surface area contributed by atoms with E-state index < -0.39 is 4.92 Å². The second-order valence-corrected chi connectivity index (χ2v) is 5.40. The number of halogens is 2. The van der Waals surface area contributed by atoms with Gasteiger partial charge in [-0.3, -0.25) is 15.0 Å². The lowest BCUT2D eigenvalue weighted by Gasteiger charge is -2.31. The molecule has 1 saturated heterocycles. The van der Waals surface area contributed by atoms with Gasteiger partial charge in [0.15, 0.2) is 0 Å². The molecule has 112 valence electrons. The van der Waals surface area contributed by atoms with E-state index in [-0.39, 0.29) is 18.1 Å². The maximum absolute atomic E-state index is 10.6. The van der Waals surface area contributed by atoms with Gasteiger partial charge in [-0.15, -0.1) is 12.4 Å². The van der Waals surface area contributed by atoms with Crippen molar-refractivity contribution in [2.24, 2.45) is 11.7 Å². The lowest BCUT2D eigenvalue weighted by atomic mass is 9.97. The van der Waals surface area contributed by atoms with Crippen LogP contribution in [0.4, 0.5) is 5.69 Å². The van der Waals surface area contributed by atoms with E-state index in [1.54, 1.807) is 6.07 Å². The minimum absolute atomic E-state index is 0. The van der Waals surface area contributed by atoms with Crippen molar-refractivity contribution < 1.29 is 4.92 Å². The first kappa shape index (κ1) is 17.2. The van der Waals surface area contributed by atoms with Gasteiger partial charge in [0, 0.05) is 18.7 Å². The van der Waals surface area contributed by atoms with Crippen molar-refractivity contribution in [3.63, 3.8) is 0 Å². The molecule has 1 aliphatic heterocycles. The Labute approximate surface area is 129 Å². The third-order valence-corrected chi connectivity index (χ3v) is 4.03. The molecular formula is C13H19Cl2N3O2. The van der Waals surface area contributed by atoms with Crippen molar-refractivity contribution in [3.05, 3.63) is 38.9 Å². The van der Waals surface area contributed by atoms with E-state index >= 15 is 0 Å². The first-order valence-corrected chi connectivity index (χ1v) is 6.83. The van der Waals surface area contributed by atoms with Crippen LogP contribution in [-0.2, 0) is 6.54 Å². The number of likely N-dealkylation sites (tertiary alicyclic amines) is 1. The molecule has 1 aromatic rings. The highest BCUT2D eigenvalue weighted by molar-refractivity contribution is 6.31. The van der Waals surface area contributed by atoms with Gasteiger partial charge in [-0.1, -0.05) is 11.6 Å². The van der Waals surface area contributed by atoms with Crippen LogP contribution in [-0.4, -0.2) is 29.5 Å². The number of benzene rings is 1. The molecule has 0 saturated carbocycles. The summed E-state index contributed by atoms with van der Waals surface area (Å²) in [5.74, 6) is 0.628. The highest BCUT2D eigenvalue weighted by Crippen LogP contribution is 2.25. The summed E-state index contributed by atoms with van der Waals surface area (Å²) < 4.78 is 0. The normalized spacial score (nSPS) is 16.7. The van der Waals surface area contributed by atoms with Gasteiger partial charge in [-0.05, 0) is 50.0 Å². The zero-order chi connectivity index (χ0) is 13.8. The van der Waals surface area contributed by atoms with Crippen molar-refractivity contribution >= 4 is 29.7 Å². The lowest BCUT2D eigenvalue weighted by Crippen LogP contribution is -2.35. The van der Waals surface area contributed by atoms with Crippen LogP contribution in [0.2, 0.25) is 5.02 Å². The Balaban J connectivity index is 0.00000200. The summed E-state index contributed by atoms with van der Waals surface area (Å²) in [6, 6.07) is 4.67. The number of hydrogen-bond donors (Lipinski definition) is 1. The molecule has 20 heavy (non-hydrogen) atoms. The molecule has 7 heteroatoms. The van der Waals surface area contributed by atoms with Crippen LogP contribution in [0.25, 0.3) is 0 Å². The molecule has 0 unspecified atom stereocenters. The van der Waals surface area contributed by atoms with Crippen LogP contribution >= 0.6 is 24.0 Å². The number of nitro groups is 1. The average Bonchev–Trinajstić information content (AvgIpc) is 2.41. The highest BCUT2D eigenvalue weighted by atomic mass is 35.5. The van der Waals surface area contributed by atoms with Crippen LogP contribution in [0.5, 0.6) is 0 Å².